The van der Waals surface area contributed by atoms with Crippen molar-refractivity contribution in [1.82, 2.24) is 0 Å². The van der Waals surface area contributed by atoms with Gasteiger partial charge in [0.1, 0.15) is 4.99 Å². The fourth-order valence-corrected chi connectivity index (χ4v) is 3.53. The van der Waals surface area contributed by atoms with Crippen molar-refractivity contribution >= 4 is 57.1 Å². The van der Waals surface area contributed by atoms with Gasteiger partial charge in [-0.25, -0.2) is 4.79 Å². The monoisotopic (exact) mass is 469 g/mol. The number of amides is 2. The minimum absolute atomic E-state index is 0.0390. The van der Waals surface area contributed by atoms with Crippen LogP contribution in [0.1, 0.15) is 36.6 Å². The molecule has 8 heteroatoms. The summed E-state index contributed by atoms with van der Waals surface area (Å²) in [5, 5.41) is 16.7. The van der Waals surface area contributed by atoms with Gasteiger partial charge in [-0.05, 0) is 53.2 Å². The van der Waals surface area contributed by atoms with E-state index in [0.29, 0.717) is 16.7 Å². The lowest BCUT2D eigenvalue weighted by Gasteiger charge is -2.14. The van der Waals surface area contributed by atoms with Gasteiger partial charge in [-0.3, -0.25) is 9.59 Å². The third-order valence-corrected chi connectivity index (χ3v) is 5.44. The van der Waals surface area contributed by atoms with Crippen LogP contribution in [0.4, 0.5) is 11.4 Å². The zero-order chi connectivity index (χ0) is 24.2. The van der Waals surface area contributed by atoms with Crippen LogP contribution >= 0.6 is 12.2 Å². The van der Waals surface area contributed by atoms with Crippen LogP contribution in [0.15, 0.2) is 84.9 Å². The molecule has 0 saturated carbocycles. The van der Waals surface area contributed by atoms with Crippen molar-refractivity contribution in [3.8, 4) is 0 Å². The van der Waals surface area contributed by atoms with Crippen LogP contribution in [0.25, 0.3) is 10.8 Å². The molecule has 4 rings (SSSR count). The van der Waals surface area contributed by atoms with E-state index in [4.69, 9.17) is 18.0 Å². The molecular weight excluding hydrogens is 450 g/mol. The first-order valence-electron chi connectivity index (χ1n) is 10.2. The van der Waals surface area contributed by atoms with Crippen LogP contribution in [0, 0.1) is 0 Å². The number of benzene rings is 4. The van der Waals surface area contributed by atoms with Crippen LogP contribution in [-0.2, 0) is 0 Å². The topological polar surface area (TPSA) is 122 Å². The number of thiocarbonyl (C=S) groups is 1. The first-order chi connectivity index (χ1) is 16.3. The van der Waals surface area contributed by atoms with Gasteiger partial charge in [0.2, 0.25) is 0 Å². The number of anilines is 2. The molecule has 0 aliphatic rings. The van der Waals surface area contributed by atoms with Crippen LogP contribution in [0.5, 0.6) is 0 Å². The van der Waals surface area contributed by atoms with Gasteiger partial charge in [-0.2, -0.15) is 0 Å². The van der Waals surface area contributed by atoms with Crippen molar-refractivity contribution in [2.45, 2.75) is 0 Å². The molecular formula is C26H19N3O4S. The van der Waals surface area contributed by atoms with Crippen molar-refractivity contribution in [2.75, 3.05) is 10.6 Å². The summed E-state index contributed by atoms with van der Waals surface area (Å²) >= 11 is 4.92. The molecule has 0 heterocycles. The zero-order valence-corrected chi connectivity index (χ0v) is 18.6. The predicted octanol–water partition coefficient (Wildman–Crippen LogP) is 4.68. The van der Waals surface area contributed by atoms with Crippen molar-refractivity contribution in [2.24, 2.45) is 5.73 Å². The molecule has 5 N–H and O–H groups in total. The molecule has 0 unspecified atom stereocenters. The summed E-state index contributed by atoms with van der Waals surface area (Å²) in [6.07, 6.45) is 0. The molecule has 168 valence electrons. The van der Waals surface area contributed by atoms with Crippen molar-refractivity contribution in [3.63, 3.8) is 0 Å². The number of fused-ring (bicyclic) bond motifs is 1. The molecule has 4 aromatic rings. The van der Waals surface area contributed by atoms with E-state index < -0.39 is 17.8 Å². The Bertz CT molecular complexity index is 1450. The van der Waals surface area contributed by atoms with Gasteiger partial charge in [0.25, 0.3) is 11.8 Å². The van der Waals surface area contributed by atoms with E-state index in [1.165, 1.54) is 18.2 Å². The summed E-state index contributed by atoms with van der Waals surface area (Å²) < 4.78 is 0. The maximum Gasteiger partial charge on any atom is 0.335 e. The van der Waals surface area contributed by atoms with E-state index in [1.54, 1.807) is 36.4 Å². The number of nitrogens with two attached hydrogens (primary N) is 1. The Hall–Kier alpha value is -4.56. The number of aromatic carboxylic acids is 1. The van der Waals surface area contributed by atoms with Crippen molar-refractivity contribution in [3.05, 3.63) is 107 Å². The van der Waals surface area contributed by atoms with Gasteiger partial charge in [0.15, 0.2) is 0 Å². The highest BCUT2D eigenvalue weighted by molar-refractivity contribution is 7.80. The van der Waals surface area contributed by atoms with Gasteiger partial charge in [-0.1, -0.05) is 54.7 Å². The number of carboxylic acid groups (broad SMARTS) is 1. The number of hydrogen-bond donors (Lipinski definition) is 4. The second kappa shape index (κ2) is 9.51. The summed E-state index contributed by atoms with van der Waals surface area (Å²) in [5.74, 6) is -2.05. The third-order valence-electron chi connectivity index (χ3n) is 5.21. The Labute approximate surface area is 200 Å². The van der Waals surface area contributed by atoms with E-state index in [1.807, 2.05) is 30.3 Å². The van der Waals surface area contributed by atoms with Crippen LogP contribution < -0.4 is 16.4 Å². The molecule has 34 heavy (non-hydrogen) atoms. The highest BCUT2D eigenvalue weighted by Crippen LogP contribution is 2.26. The number of carboxylic acids is 1. The number of rotatable bonds is 6. The fourth-order valence-electron chi connectivity index (χ4n) is 3.40. The summed E-state index contributed by atoms with van der Waals surface area (Å²) in [4.78, 5) is 37.4. The quantitative estimate of drug-likeness (QED) is 0.304. The summed E-state index contributed by atoms with van der Waals surface area (Å²) in [7, 11) is 0. The molecule has 0 atom stereocenters. The van der Waals surface area contributed by atoms with Gasteiger partial charge < -0.3 is 21.5 Å². The summed E-state index contributed by atoms with van der Waals surface area (Å²) in [6.45, 7) is 0. The maximum absolute atomic E-state index is 12.9. The number of nitrogens with one attached hydrogen (secondary N) is 2. The lowest BCUT2D eigenvalue weighted by Crippen LogP contribution is -2.18. The average molecular weight is 470 g/mol. The summed E-state index contributed by atoms with van der Waals surface area (Å²) in [6, 6.07) is 23.4. The second-order valence-corrected chi connectivity index (χ2v) is 7.92. The van der Waals surface area contributed by atoms with E-state index in [0.717, 1.165) is 10.8 Å². The maximum atomic E-state index is 12.9. The molecule has 4 aromatic carbocycles. The van der Waals surface area contributed by atoms with E-state index in [9.17, 15) is 19.5 Å². The number of hydrogen-bond acceptors (Lipinski definition) is 4. The second-order valence-electron chi connectivity index (χ2n) is 7.48. The molecule has 0 saturated heterocycles. The van der Waals surface area contributed by atoms with Gasteiger partial charge in [-0.15, -0.1) is 0 Å². The van der Waals surface area contributed by atoms with E-state index in [2.05, 4.69) is 10.6 Å². The van der Waals surface area contributed by atoms with Gasteiger partial charge >= 0.3 is 5.97 Å². The standard InChI is InChI=1S/C26H19N3O4S/c27-23(34)16-6-8-17(9-7-16)24(30)29-22-14-20(26(32)33)11-12-21(22)28-25(31)19-10-5-15-3-1-2-4-18(15)13-19/h1-14H,(H2,27,34)(H,28,31)(H,29,30)(H,32,33). The van der Waals surface area contributed by atoms with E-state index >= 15 is 0 Å². The predicted molar refractivity (Wildman–Crippen MR) is 136 cm³/mol. The Morgan fingerprint density at radius 1 is 0.647 bits per heavy atom. The molecule has 0 aliphatic heterocycles. The molecule has 0 aliphatic carbocycles. The molecule has 0 radical (unpaired) electrons. The number of carbonyl (C=O) groups excluding carboxylic acids is 2. The molecule has 2 amide bonds. The molecule has 0 bridgehead atoms. The Morgan fingerprint density at radius 2 is 1.21 bits per heavy atom. The van der Waals surface area contributed by atoms with Crippen LogP contribution in [0.2, 0.25) is 0 Å². The van der Waals surface area contributed by atoms with Gasteiger partial charge in [0.05, 0.1) is 16.9 Å². The van der Waals surface area contributed by atoms with Gasteiger partial charge in [0, 0.05) is 16.7 Å². The number of carbonyl (C=O) groups is 3. The Morgan fingerprint density at radius 3 is 1.88 bits per heavy atom. The molecule has 0 aromatic heterocycles. The largest absolute Gasteiger partial charge is 0.478 e. The third kappa shape index (κ3) is 4.92. The minimum Gasteiger partial charge on any atom is -0.478 e. The Balaban J connectivity index is 1.61. The van der Waals surface area contributed by atoms with Crippen LogP contribution in [-0.4, -0.2) is 27.9 Å². The average Bonchev–Trinajstić information content (AvgIpc) is 2.84. The normalized spacial score (nSPS) is 10.5. The fraction of sp³-hybridized carbons (Fsp3) is 0. The highest BCUT2D eigenvalue weighted by Gasteiger charge is 2.16. The van der Waals surface area contributed by atoms with Crippen molar-refractivity contribution in [1.29, 1.82) is 0 Å². The first-order valence-corrected chi connectivity index (χ1v) is 10.6. The SMILES string of the molecule is NC(=S)c1ccc(C(=O)Nc2cc(C(=O)O)ccc2NC(=O)c2ccc3ccccc3c2)cc1. The summed E-state index contributed by atoms with van der Waals surface area (Å²) in [5.41, 5.74) is 7.31. The zero-order valence-electron chi connectivity index (χ0n) is 17.7. The Kier molecular flexibility index (Phi) is 6.33. The highest BCUT2D eigenvalue weighted by atomic mass is 32.1. The first kappa shape index (κ1) is 22.6. The lowest BCUT2D eigenvalue weighted by molar-refractivity contribution is 0.0696. The van der Waals surface area contributed by atoms with E-state index in [-0.39, 0.29) is 21.9 Å². The van der Waals surface area contributed by atoms with Crippen molar-refractivity contribution < 1.29 is 19.5 Å². The molecule has 0 spiro atoms. The smallest absolute Gasteiger partial charge is 0.335 e. The molecule has 7 nitrogen and oxygen atoms in total. The van der Waals surface area contributed by atoms with Crippen LogP contribution in [0.3, 0.4) is 0 Å². The molecule has 0 fully saturated rings. The minimum atomic E-state index is -1.16. The lowest BCUT2D eigenvalue weighted by atomic mass is 10.1.